The fourth-order valence-corrected chi connectivity index (χ4v) is 4.25. The third-order valence-electron chi connectivity index (χ3n) is 6.10. The smallest absolute Gasteiger partial charge is 0.261 e. The summed E-state index contributed by atoms with van der Waals surface area (Å²) < 4.78 is 0. The molecule has 164 valence electrons. The number of rotatable bonds is 5. The topological polar surface area (TPSA) is 84.7 Å². The quantitative estimate of drug-likeness (QED) is 0.680. The molecule has 1 saturated heterocycles. The summed E-state index contributed by atoms with van der Waals surface area (Å²) in [6, 6.07) is 14.4. The molecule has 0 atom stereocenters. The molecule has 7 nitrogen and oxygen atoms in total. The minimum Gasteiger partial charge on any atom is -0.370 e. The normalized spacial score (nSPS) is 16.1. The highest BCUT2D eigenvalue weighted by Gasteiger charge is 2.35. The number of nitriles is 1. The number of hydrogen-bond acceptors (Lipinski definition) is 5. The first-order chi connectivity index (χ1) is 15.5. The number of carbonyl (C=O) groups excluding carboxylic acids is 3. The molecule has 2 aromatic carbocycles. The molecule has 2 aromatic rings. The number of imide groups is 1. The molecule has 0 bridgehead atoms. The Morgan fingerprint density at radius 3 is 2.44 bits per heavy atom. The Kier molecular flexibility index (Phi) is 6.22. The Hall–Kier alpha value is -3.66. The summed E-state index contributed by atoms with van der Waals surface area (Å²) in [6.07, 6.45) is 2.48. The first-order valence-electron chi connectivity index (χ1n) is 11.1. The SMILES string of the molecule is CCCCN1C(=O)c2ccc(C(=O)N3CCCN(c4ccc(C#N)cc4)CC3)cc2C1=O. The van der Waals surface area contributed by atoms with Crippen molar-refractivity contribution in [2.45, 2.75) is 26.2 Å². The summed E-state index contributed by atoms with van der Waals surface area (Å²) >= 11 is 0. The summed E-state index contributed by atoms with van der Waals surface area (Å²) in [7, 11) is 0. The highest BCUT2D eigenvalue weighted by atomic mass is 16.2. The number of benzene rings is 2. The number of hydrogen-bond donors (Lipinski definition) is 0. The number of unbranched alkanes of at least 4 members (excludes halogenated alkanes) is 1. The van der Waals surface area contributed by atoms with Crippen molar-refractivity contribution in [1.82, 2.24) is 9.80 Å². The van der Waals surface area contributed by atoms with Crippen LogP contribution in [0.25, 0.3) is 0 Å². The number of amides is 3. The van der Waals surface area contributed by atoms with Gasteiger partial charge in [-0.2, -0.15) is 5.26 Å². The summed E-state index contributed by atoms with van der Waals surface area (Å²) in [5.41, 5.74) is 2.80. The van der Waals surface area contributed by atoms with Crippen molar-refractivity contribution in [2.75, 3.05) is 37.6 Å². The van der Waals surface area contributed by atoms with E-state index in [1.807, 2.05) is 24.0 Å². The minimum absolute atomic E-state index is 0.123. The molecule has 32 heavy (non-hydrogen) atoms. The van der Waals surface area contributed by atoms with E-state index in [9.17, 15) is 14.4 Å². The zero-order valence-corrected chi connectivity index (χ0v) is 18.2. The third kappa shape index (κ3) is 4.09. The number of carbonyl (C=O) groups is 3. The van der Waals surface area contributed by atoms with Crippen LogP contribution in [0.15, 0.2) is 42.5 Å². The van der Waals surface area contributed by atoms with Gasteiger partial charge in [-0.25, -0.2) is 0 Å². The lowest BCUT2D eigenvalue weighted by Crippen LogP contribution is -2.35. The molecule has 1 fully saturated rings. The zero-order chi connectivity index (χ0) is 22.7. The van der Waals surface area contributed by atoms with E-state index in [-0.39, 0.29) is 17.7 Å². The Morgan fingerprint density at radius 1 is 0.969 bits per heavy atom. The van der Waals surface area contributed by atoms with E-state index in [0.29, 0.717) is 48.4 Å². The Labute approximate surface area is 187 Å². The summed E-state index contributed by atoms with van der Waals surface area (Å²) in [5, 5.41) is 8.98. The largest absolute Gasteiger partial charge is 0.370 e. The molecule has 0 unspecified atom stereocenters. The molecule has 3 amide bonds. The average Bonchev–Trinajstić information content (AvgIpc) is 2.98. The Morgan fingerprint density at radius 2 is 1.72 bits per heavy atom. The van der Waals surface area contributed by atoms with E-state index < -0.39 is 0 Å². The fourth-order valence-electron chi connectivity index (χ4n) is 4.25. The number of fused-ring (bicyclic) bond motifs is 1. The molecule has 4 rings (SSSR count). The van der Waals surface area contributed by atoms with E-state index >= 15 is 0 Å². The predicted octanol–water partition coefficient (Wildman–Crippen LogP) is 3.31. The fraction of sp³-hybridized carbons (Fsp3) is 0.360. The number of anilines is 1. The lowest BCUT2D eigenvalue weighted by Gasteiger charge is -2.24. The van der Waals surface area contributed by atoms with Crippen molar-refractivity contribution in [1.29, 1.82) is 5.26 Å². The molecule has 7 heteroatoms. The van der Waals surface area contributed by atoms with Crippen LogP contribution in [-0.4, -0.2) is 60.2 Å². The maximum Gasteiger partial charge on any atom is 0.261 e. The summed E-state index contributed by atoms with van der Waals surface area (Å²) in [5.74, 6) is -0.706. The molecule has 0 aromatic heterocycles. The molecular formula is C25H26N4O3. The predicted molar refractivity (Wildman–Crippen MR) is 121 cm³/mol. The van der Waals surface area contributed by atoms with Gasteiger partial charge >= 0.3 is 0 Å². The standard InChI is InChI=1S/C25H26N4O3/c1-2-3-13-29-24(31)21-10-7-19(16-22(21)25(29)32)23(30)28-12-4-11-27(14-15-28)20-8-5-18(17-26)6-9-20/h5-10,16H,2-4,11-15H2,1H3. The van der Waals surface area contributed by atoms with Crippen molar-refractivity contribution in [3.63, 3.8) is 0 Å². The van der Waals surface area contributed by atoms with Crippen molar-refractivity contribution >= 4 is 23.4 Å². The second-order valence-electron chi connectivity index (χ2n) is 8.17. The van der Waals surface area contributed by atoms with E-state index in [1.54, 1.807) is 30.3 Å². The van der Waals surface area contributed by atoms with Gasteiger partial charge < -0.3 is 9.80 Å². The average molecular weight is 431 g/mol. The second kappa shape index (κ2) is 9.23. The van der Waals surface area contributed by atoms with Crippen LogP contribution in [0.4, 0.5) is 5.69 Å². The van der Waals surface area contributed by atoms with Crippen LogP contribution in [0.1, 0.15) is 62.8 Å². The van der Waals surface area contributed by atoms with Gasteiger partial charge in [0.15, 0.2) is 0 Å². The highest BCUT2D eigenvalue weighted by Crippen LogP contribution is 2.25. The van der Waals surface area contributed by atoms with Crippen LogP contribution in [-0.2, 0) is 0 Å². The highest BCUT2D eigenvalue weighted by molar-refractivity contribution is 6.22. The van der Waals surface area contributed by atoms with Crippen LogP contribution in [0.3, 0.4) is 0 Å². The Balaban J connectivity index is 1.46. The van der Waals surface area contributed by atoms with E-state index in [2.05, 4.69) is 11.0 Å². The summed E-state index contributed by atoms with van der Waals surface area (Å²) in [4.78, 5) is 43.7. The first-order valence-corrected chi connectivity index (χ1v) is 11.1. The maximum absolute atomic E-state index is 13.2. The molecule has 0 spiro atoms. The lowest BCUT2D eigenvalue weighted by atomic mass is 10.0. The molecule has 2 aliphatic rings. The van der Waals surface area contributed by atoms with Gasteiger partial charge in [-0.15, -0.1) is 0 Å². The Bertz CT molecular complexity index is 1090. The first kappa shape index (κ1) is 21.6. The molecule has 0 aliphatic carbocycles. The lowest BCUT2D eigenvalue weighted by molar-refractivity contribution is 0.0652. The number of nitrogens with zero attached hydrogens (tertiary/aromatic N) is 4. The monoisotopic (exact) mass is 430 g/mol. The third-order valence-corrected chi connectivity index (χ3v) is 6.10. The van der Waals surface area contributed by atoms with Crippen LogP contribution in [0.2, 0.25) is 0 Å². The van der Waals surface area contributed by atoms with Crippen LogP contribution < -0.4 is 4.90 Å². The molecule has 2 heterocycles. The molecule has 0 saturated carbocycles. The van der Waals surface area contributed by atoms with Gasteiger partial charge in [0.2, 0.25) is 0 Å². The molecule has 0 N–H and O–H groups in total. The maximum atomic E-state index is 13.2. The van der Waals surface area contributed by atoms with Crippen molar-refractivity contribution in [3.05, 3.63) is 64.7 Å². The van der Waals surface area contributed by atoms with Crippen LogP contribution in [0, 0.1) is 11.3 Å². The van der Waals surface area contributed by atoms with Gasteiger partial charge in [0.1, 0.15) is 0 Å². The van der Waals surface area contributed by atoms with E-state index in [0.717, 1.165) is 31.5 Å². The van der Waals surface area contributed by atoms with Gasteiger partial charge in [-0.05, 0) is 55.3 Å². The van der Waals surface area contributed by atoms with Gasteiger partial charge in [0.05, 0.1) is 22.8 Å². The van der Waals surface area contributed by atoms with E-state index in [1.165, 1.54) is 4.90 Å². The van der Waals surface area contributed by atoms with E-state index in [4.69, 9.17) is 5.26 Å². The molecule has 0 radical (unpaired) electrons. The van der Waals surface area contributed by atoms with Gasteiger partial charge in [0.25, 0.3) is 17.7 Å². The molecule has 2 aliphatic heterocycles. The summed E-state index contributed by atoms with van der Waals surface area (Å²) in [6.45, 7) is 5.11. The molecular weight excluding hydrogens is 404 g/mol. The van der Waals surface area contributed by atoms with Gasteiger partial charge in [-0.1, -0.05) is 13.3 Å². The van der Waals surface area contributed by atoms with Crippen molar-refractivity contribution in [3.8, 4) is 6.07 Å². The van der Waals surface area contributed by atoms with Crippen LogP contribution in [0.5, 0.6) is 0 Å². The van der Waals surface area contributed by atoms with Gasteiger partial charge in [0, 0.05) is 44.0 Å². The van der Waals surface area contributed by atoms with Gasteiger partial charge in [-0.3, -0.25) is 19.3 Å². The van der Waals surface area contributed by atoms with Crippen LogP contribution >= 0.6 is 0 Å². The van der Waals surface area contributed by atoms with Crippen molar-refractivity contribution in [2.24, 2.45) is 0 Å². The van der Waals surface area contributed by atoms with Crippen molar-refractivity contribution < 1.29 is 14.4 Å². The second-order valence-corrected chi connectivity index (χ2v) is 8.17. The minimum atomic E-state index is -0.309. The zero-order valence-electron chi connectivity index (χ0n) is 18.2.